The molecule has 0 aliphatic carbocycles. The van der Waals surface area contributed by atoms with Crippen molar-refractivity contribution in [3.8, 4) is 10.8 Å². The first-order chi connectivity index (χ1) is 19.2. The molecule has 0 radical (unpaired) electrons. The molecule has 12 nitrogen and oxygen atoms in total. The minimum Gasteiger partial charge on any atom is -0.496 e. The van der Waals surface area contributed by atoms with Crippen molar-refractivity contribution in [2.24, 2.45) is 0 Å². The zero-order valence-corrected chi connectivity index (χ0v) is 23.0. The molecule has 4 heterocycles. The monoisotopic (exact) mass is 572 g/mol. The lowest BCUT2D eigenvalue weighted by Gasteiger charge is -2.35. The summed E-state index contributed by atoms with van der Waals surface area (Å²) in [5.74, 6) is -0.339. The number of ether oxygens (including phenoxy) is 2. The van der Waals surface area contributed by atoms with Crippen LogP contribution < -0.4 is 21.3 Å². The number of fused-ring (bicyclic) bond motifs is 1. The average molecular weight is 573 g/mol. The van der Waals surface area contributed by atoms with Crippen molar-refractivity contribution in [1.29, 1.82) is 0 Å². The number of rotatable bonds is 9. The Kier molecular flexibility index (Phi) is 7.57. The molecule has 4 aromatic rings. The number of amides is 1. The molecule has 5 rings (SSSR count). The maximum absolute atomic E-state index is 14.4. The van der Waals surface area contributed by atoms with Crippen LogP contribution in [0.4, 0.5) is 4.39 Å². The van der Waals surface area contributed by atoms with Crippen molar-refractivity contribution in [3.63, 3.8) is 0 Å². The molecule has 40 heavy (non-hydrogen) atoms. The number of nitrogens with zero attached hydrogens (tertiary/aromatic N) is 5. The molecule has 212 valence electrons. The van der Waals surface area contributed by atoms with Crippen LogP contribution in [0, 0.1) is 12.7 Å². The minimum atomic E-state index is -0.992. The third-order valence-electron chi connectivity index (χ3n) is 7.18. The Bertz CT molecular complexity index is 1670. The van der Waals surface area contributed by atoms with Crippen LogP contribution in [0.15, 0.2) is 40.2 Å². The van der Waals surface area contributed by atoms with E-state index in [9.17, 15) is 23.9 Å². The van der Waals surface area contributed by atoms with Gasteiger partial charge in [0.15, 0.2) is 0 Å². The van der Waals surface area contributed by atoms with E-state index in [1.54, 1.807) is 13.8 Å². The molecule has 1 fully saturated rings. The van der Waals surface area contributed by atoms with Gasteiger partial charge in [0.1, 0.15) is 27.5 Å². The van der Waals surface area contributed by atoms with Crippen molar-refractivity contribution in [2.45, 2.75) is 44.9 Å². The van der Waals surface area contributed by atoms with Gasteiger partial charge in [-0.1, -0.05) is 11.3 Å². The number of methoxy groups -OCH3 is 1. The molecule has 1 aliphatic rings. The predicted molar refractivity (Wildman–Crippen MR) is 145 cm³/mol. The number of piperidine rings is 1. The molecule has 1 aromatic carbocycles. The number of aromatic nitrogens is 5. The van der Waals surface area contributed by atoms with Gasteiger partial charge in [-0.05, 0) is 38.5 Å². The van der Waals surface area contributed by atoms with E-state index in [4.69, 9.17) is 9.47 Å². The Balaban J connectivity index is 1.77. The van der Waals surface area contributed by atoms with Crippen molar-refractivity contribution in [1.82, 2.24) is 29.4 Å². The van der Waals surface area contributed by atoms with Gasteiger partial charge >= 0.3 is 5.69 Å². The summed E-state index contributed by atoms with van der Waals surface area (Å²) in [6.07, 6.45) is 2.55. The maximum Gasteiger partial charge on any atom is 0.332 e. The second kappa shape index (κ2) is 10.9. The van der Waals surface area contributed by atoms with Crippen LogP contribution in [-0.2, 0) is 21.6 Å². The van der Waals surface area contributed by atoms with Crippen molar-refractivity contribution < 1.29 is 23.8 Å². The lowest BCUT2D eigenvalue weighted by Crippen LogP contribution is -2.57. The lowest BCUT2D eigenvalue weighted by atomic mass is 9.91. The zero-order valence-electron chi connectivity index (χ0n) is 22.2. The van der Waals surface area contributed by atoms with Crippen LogP contribution in [-0.4, -0.2) is 62.0 Å². The highest BCUT2D eigenvalue weighted by Crippen LogP contribution is 2.34. The van der Waals surface area contributed by atoms with Gasteiger partial charge in [0.2, 0.25) is 5.91 Å². The number of carbonyl (C=O) groups is 1. The van der Waals surface area contributed by atoms with E-state index >= 15 is 0 Å². The lowest BCUT2D eigenvalue weighted by molar-refractivity contribution is -0.124. The second-order valence-corrected chi connectivity index (χ2v) is 10.8. The largest absolute Gasteiger partial charge is 0.496 e. The molecule has 0 bridgehead atoms. The highest BCUT2D eigenvalue weighted by atomic mass is 32.1. The summed E-state index contributed by atoms with van der Waals surface area (Å²) in [5.41, 5.74) is -1.16. The summed E-state index contributed by atoms with van der Waals surface area (Å²) in [5, 5.41) is 21.5. The quantitative estimate of drug-likeness (QED) is 0.308. The number of hydrogen-bond donors (Lipinski definition) is 2. The fraction of sp³-hybridized carbons (Fsp3) is 0.423. The molecular formula is C26H29FN6O6S. The number of aliphatic hydroxyl groups is 1. The molecule has 14 heteroatoms. The third-order valence-corrected chi connectivity index (χ3v) is 8.46. The van der Waals surface area contributed by atoms with E-state index in [0.29, 0.717) is 38.5 Å². The van der Waals surface area contributed by atoms with Crippen molar-refractivity contribution in [3.05, 3.63) is 68.4 Å². The number of halogens is 1. The van der Waals surface area contributed by atoms with Crippen LogP contribution in [0.3, 0.4) is 0 Å². The Hall–Kier alpha value is -3.88. The minimum absolute atomic E-state index is 0.0858. The first-order valence-corrected chi connectivity index (χ1v) is 13.5. The summed E-state index contributed by atoms with van der Waals surface area (Å²) in [4.78, 5) is 41.9. The van der Waals surface area contributed by atoms with E-state index in [0.717, 1.165) is 0 Å². The highest BCUT2D eigenvalue weighted by molar-refractivity contribution is 7.21. The molecule has 3 aromatic heterocycles. The Labute approximate surface area is 231 Å². The number of carbonyl (C=O) groups excluding carboxylic acids is 1. The standard InChI is InChI=1S/C26H29FN6O6S/c1-15-21-22(36)32(26(2)7-6-20(35)28-14-26)25(37)31(24(21)40-23(15)33-29-8-9-30-33)13-19(39-11-10-34)17-12-16(27)4-5-18(17)38-3/h4-5,8-9,12,19,34H,6-7,10-11,13-14H2,1-3H3,(H,28,35)/t19-,26+/m0/s1. The molecule has 2 N–H and O–H groups in total. The Morgan fingerprint density at radius 2 is 2.00 bits per heavy atom. The molecule has 1 amide bonds. The van der Waals surface area contributed by atoms with E-state index in [-0.39, 0.29) is 38.6 Å². The fourth-order valence-electron chi connectivity index (χ4n) is 5.08. The summed E-state index contributed by atoms with van der Waals surface area (Å²) in [7, 11) is 1.44. The number of aliphatic hydroxyl groups excluding tert-OH is 1. The zero-order chi connectivity index (χ0) is 28.6. The van der Waals surface area contributed by atoms with Crippen molar-refractivity contribution in [2.75, 3.05) is 26.9 Å². The summed E-state index contributed by atoms with van der Waals surface area (Å²) in [6.45, 7) is 3.12. The summed E-state index contributed by atoms with van der Waals surface area (Å²) >= 11 is 1.17. The Morgan fingerprint density at radius 1 is 1.25 bits per heavy atom. The van der Waals surface area contributed by atoms with Crippen LogP contribution in [0.1, 0.15) is 37.0 Å². The smallest absolute Gasteiger partial charge is 0.332 e. The van der Waals surface area contributed by atoms with Gasteiger partial charge < -0.3 is 19.9 Å². The van der Waals surface area contributed by atoms with Crippen LogP contribution in [0.5, 0.6) is 5.75 Å². The van der Waals surface area contributed by atoms with Crippen molar-refractivity contribution >= 4 is 27.5 Å². The first kappa shape index (κ1) is 27.7. The normalized spacial score (nSPS) is 18.2. The number of aryl methyl sites for hydroxylation is 1. The summed E-state index contributed by atoms with van der Waals surface area (Å²) < 4.78 is 28.4. The molecule has 1 saturated heterocycles. The molecule has 0 saturated carbocycles. The van der Waals surface area contributed by atoms with Gasteiger partial charge in [-0.25, -0.2) is 9.18 Å². The number of nitrogens with one attached hydrogen (secondary N) is 1. The molecule has 1 aliphatic heterocycles. The molecule has 0 unspecified atom stereocenters. The molecule has 0 spiro atoms. The summed E-state index contributed by atoms with van der Waals surface area (Å²) in [6, 6.07) is 3.97. The average Bonchev–Trinajstić information content (AvgIpc) is 3.58. The number of benzene rings is 1. The van der Waals surface area contributed by atoms with E-state index in [1.807, 2.05) is 0 Å². The fourth-order valence-corrected chi connectivity index (χ4v) is 6.30. The SMILES string of the molecule is COc1ccc(F)cc1[C@H](Cn1c(=O)n([C@]2(C)CCC(=O)NC2)c(=O)c2c(C)c(-n3nccn3)sc21)OCCO. The first-order valence-electron chi connectivity index (χ1n) is 12.7. The van der Waals surface area contributed by atoms with Gasteiger partial charge in [0.25, 0.3) is 5.56 Å². The topological polar surface area (TPSA) is 142 Å². The van der Waals surface area contributed by atoms with Gasteiger partial charge in [-0.15, -0.1) is 4.80 Å². The predicted octanol–water partition coefficient (Wildman–Crippen LogP) is 1.64. The van der Waals surface area contributed by atoms with Crippen LogP contribution in [0.2, 0.25) is 0 Å². The highest BCUT2D eigenvalue weighted by Gasteiger charge is 2.37. The number of thiophene rings is 1. The van der Waals surface area contributed by atoms with Gasteiger partial charge in [-0.3, -0.25) is 18.7 Å². The third kappa shape index (κ3) is 4.82. The van der Waals surface area contributed by atoms with E-state index in [1.165, 1.54) is 63.0 Å². The molecule has 2 atom stereocenters. The molecular weight excluding hydrogens is 543 g/mol. The van der Waals surface area contributed by atoms with Gasteiger partial charge in [0.05, 0.1) is 50.2 Å². The van der Waals surface area contributed by atoms with Crippen LogP contribution >= 0.6 is 11.3 Å². The Morgan fingerprint density at radius 3 is 2.65 bits per heavy atom. The maximum atomic E-state index is 14.4. The van der Waals surface area contributed by atoms with Gasteiger partial charge in [0, 0.05) is 24.1 Å². The van der Waals surface area contributed by atoms with E-state index in [2.05, 4.69) is 15.5 Å². The van der Waals surface area contributed by atoms with Gasteiger partial charge in [-0.2, -0.15) is 10.2 Å². The van der Waals surface area contributed by atoms with Crippen LogP contribution in [0.25, 0.3) is 15.2 Å². The second-order valence-electron chi connectivity index (χ2n) is 9.81. The number of hydrogen-bond acceptors (Lipinski definition) is 9. The van der Waals surface area contributed by atoms with E-state index < -0.39 is 28.7 Å².